The molecule has 110 valence electrons. The van der Waals surface area contributed by atoms with Crippen LogP contribution in [0.5, 0.6) is 0 Å². The second kappa shape index (κ2) is 5.24. The lowest BCUT2D eigenvalue weighted by Crippen LogP contribution is -2.18. The van der Waals surface area contributed by atoms with E-state index in [4.69, 9.17) is 4.42 Å². The largest absolute Gasteiger partial charge is 0.422 e. The van der Waals surface area contributed by atoms with Crippen molar-refractivity contribution in [3.63, 3.8) is 0 Å². The Morgan fingerprint density at radius 1 is 1.33 bits per heavy atom. The normalized spacial score (nSPS) is 11.6. The van der Waals surface area contributed by atoms with E-state index in [2.05, 4.69) is 23.9 Å². The molecule has 0 spiro atoms. The monoisotopic (exact) mass is 285 g/mol. The predicted octanol–water partition coefficient (Wildman–Crippen LogP) is 3.20. The zero-order valence-electron chi connectivity index (χ0n) is 12.5. The summed E-state index contributed by atoms with van der Waals surface area (Å²) in [6, 6.07) is 7.77. The number of oxazole rings is 1. The van der Waals surface area contributed by atoms with Crippen molar-refractivity contribution in [2.75, 3.05) is 0 Å². The van der Waals surface area contributed by atoms with Crippen LogP contribution in [0.1, 0.15) is 31.5 Å². The van der Waals surface area contributed by atoms with E-state index in [1.54, 1.807) is 0 Å². The van der Waals surface area contributed by atoms with Crippen LogP contribution in [0.15, 0.2) is 33.5 Å². The molecule has 0 unspecified atom stereocenters. The first kappa shape index (κ1) is 13.7. The molecule has 3 rings (SSSR count). The van der Waals surface area contributed by atoms with Gasteiger partial charge in [0.25, 0.3) is 5.56 Å². The molecule has 0 aliphatic carbocycles. The van der Waals surface area contributed by atoms with Crippen LogP contribution in [0.3, 0.4) is 0 Å². The van der Waals surface area contributed by atoms with Crippen molar-refractivity contribution in [2.24, 2.45) is 5.92 Å². The molecule has 1 aromatic carbocycles. The molecular formula is C16H19N3O2. The van der Waals surface area contributed by atoms with Gasteiger partial charge in [0.05, 0.1) is 0 Å². The summed E-state index contributed by atoms with van der Waals surface area (Å²) < 4.78 is 7.04. The van der Waals surface area contributed by atoms with Gasteiger partial charge in [0, 0.05) is 11.3 Å². The van der Waals surface area contributed by atoms with Gasteiger partial charge in [-0.15, -0.1) is 0 Å². The number of aromatic nitrogens is 3. The minimum absolute atomic E-state index is 0.0697. The number of hydrogen-bond acceptors (Lipinski definition) is 3. The van der Waals surface area contributed by atoms with Crippen molar-refractivity contribution in [2.45, 2.75) is 33.6 Å². The number of aromatic amines is 1. The van der Waals surface area contributed by atoms with Crippen LogP contribution >= 0.6 is 0 Å². The molecule has 0 aliphatic heterocycles. The predicted molar refractivity (Wildman–Crippen MR) is 81.9 cm³/mol. The highest BCUT2D eigenvalue weighted by Gasteiger charge is 2.16. The second-order valence-corrected chi connectivity index (χ2v) is 5.75. The number of nitrogens with zero attached hydrogens (tertiary/aromatic N) is 2. The molecule has 0 fully saturated rings. The number of benzene rings is 1. The number of nitrogens with one attached hydrogen (secondary N) is 1. The Balaban J connectivity index is 2.02. The summed E-state index contributed by atoms with van der Waals surface area (Å²) in [4.78, 5) is 16.9. The number of fused-ring (bicyclic) bond motifs is 1. The average Bonchev–Trinajstić information content (AvgIpc) is 2.98. The van der Waals surface area contributed by atoms with Gasteiger partial charge in [-0.25, -0.2) is 0 Å². The van der Waals surface area contributed by atoms with Crippen LogP contribution in [-0.4, -0.2) is 14.8 Å². The Labute approximate surface area is 122 Å². The van der Waals surface area contributed by atoms with Crippen LogP contribution in [-0.2, 0) is 6.42 Å². The highest BCUT2D eigenvalue weighted by atomic mass is 16.4. The highest BCUT2D eigenvalue weighted by Crippen LogP contribution is 2.17. The molecule has 0 saturated heterocycles. The molecule has 0 aliphatic rings. The Morgan fingerprint density at radius 2 is 2.10 bits per heavy atom. The topological polar surface area (TPSA) is 63.8 Å². The van der Waals surface area contributed by atoms with Gasteiger partial charge in [-0.1, -0.05) is 26.0 Å². The molecule has 0 saturated carbocycles. The minimum Gasteiger partial charge on any atom is -0.422 e. The number of rotatable bonds is 4. The summed E-state index contributed by atoms with van der Waals surface area (Å²) in [7, 11) is 0. The van der Waals surface area contributed by atoms with E-state index in [1.807, 2.05) is 31.2 Å². The maximum Gasteiger partial charge on any atom is 0.325 e. The van der Waals surface area contributed by atoms with E-state index in [0.29, 0.717) is 17.5 Å². The third kappa shape index (κ3) is 2.51. The fourth-order valence-corrected chi connectivity index (χ4v) is 2.40. The molecule has 0 atom stereocenters. The first-order valence-electron chi connectivity index (χ1n) is 7.22. The summed E-state index contributed by atoms with van der Waals surface area (Å²) >= 11 is 0. The van der Waals surface area contributed by atoms with Crippen molar-refractivity contribution in [1.29, 1.82) is 0 Å². The number of para-hydroxylation sites is 2. The summed E-state index contributed by atoms with van der Waals surface area (Å²) in [5.74, 6) is 0.566. The van der Waals surface area contributed by atoms with Gasteiger partial charge in [-0.2, -0.15) is 9.67 Å². The summed E-state index contributed by atoms with van der Waals surface area (Å²) in [5, 5.41) is 3.06. The van der Waals surface area contributed by atoms with E-state index in [1.165, 1.54) is 4.68 Å². The van der Waals surface area contributed by atoms with Crippen molar-refractivity contribution in [3.05, 3.63) is 45.9 Å². The SMILES string of the molecule is Cc1[nH]n(-c2nc3ccccc3o2)c(=O)c1CCC(C)C. The highest BCUT2D eigenvalue weighted by molar-refractivity contribution is 5.73. The van der Waals surface area contributed by atoms with Crippen molar-refractivity contribution < 1.29 is 4.42 Å². The zero-order chi connectivity index (χ0) is 15.0. The van der Waals surface area contributed by atoms with Crippen molar-refractivity contribution in [3.8, 4) is 6.01 Å². The fraction of sp³-hybridized carbons (Fsp3) is 0.375. The van der Waals surface area contributed by atoms with Crippen LogP contribution < -0.4 is 5.56 Å². The molecule has 5 heteroatoms. The molecule has 0 radical (unpaired) electrons. The molecule has 21 heavy (non-hydrogen) atoms. The number of hydrogen-bond donors (Lipinski definition) is 1. The van der Waals surface area contributed by atoms with E-state index >= 15 is 0 Å². The lowest BCUT2D eigenvalue weighted by atomic mass is 10.0. The summed E-state index contributed by atoms with van der Waals surface area (Å²) in [5.41, 5.74) is 3.04. The number of H-pyrrole nitrogens is 1. The molecule has 0 amide bonds. The lowest BCUT2D eigenvalue weighted by Gasteiger charge is -2.01. The van der Waals surface area contributed by atoms with Crippen LogP contribution in [0, 0.1) is 12.8 Å². The third-order valence-electron chi connectivity index (χ3n) is 3.64. The van der Waals surface area contributed by atoms with Crippen LogP contribution in [0.25, 0.3) is 17.1 Å². The fourth-order valence-electron chi connectivity index (χ4n) is 2.40. The standard InChI is InChI=1S/C16H19N3O2/c1-10(2)8-9-12-11(3)18-19(15(12)20)16-17-13-6-4-5-7-14(13)21-16/h4-7,10,18H,8-9H2,1-3H3. The van der Waals surface area contributed by atoms with Gasteiger partial charge in [-0.05, 0) is 37.8 Å². The molecule has 5 nitrogen and oxygen atoms in total. The first-order valence-corrected chi connectivity index (χ1v) is 7.22. The first-order chi connectivity index (χ1) is 10.1. The van der Waals surface area contributed by atoms with Gasteiger partial charge in [-0.3, -0.25) is 9.89 Å². The second-order valence-electron chi connectivity index (χ2n) is 5.75. The van der Waals surface area contributed by atoms with Crippen LogP contribution in [0.2, 0.25) is 0 Å². The van der Waals surface area contributed by atoms with E-state index in [-0.39, 0.29) is 5.56 Å². The maximum absolute atomic E-state index is 12.5. The Morgan fingerprint density at radius 3 is 2.81 bits per heavy atom. The average molecular weight is 285 g/mol. The van der Waals surface area contributed by atoms with Crippen molar-refractivity contribution in [1.82, 2.24) is 14.8 Å². The summed E-state index contributed by atoms with van der Waals surface area (Å²) in [6.07, 6.45) is 1.76. The van der Waals surface area contributed by atoms with E-state index in [0.717, 1.165) is 29.6 Å². The quantitative estimate of drug-likeness (QED) is 0.800. The van der Waals surface area contributed by atoms with Gasteiger partial charge < -0.3 is 4.42 Å². The molecule has 1 N–H and O–H groups in total. The van der Waals surface area contributed by atoms with Gasteiger partial charge >= 0.3 is 6.01 Å². The zero-order valence-corrected chi connectivity index (χ0v) is 12.5. The molecule has 3 aromatic rings. The third-order valence-corrected chi connectivity index (χ3v) is 3.64. The number of aryl methyl sites for hydroxylation is 1. The minimum atomic E-state index is -0.0697. The summed E-state index contributed by atoms with van der Waals surface area (Å²) in [6.45, 7) is 6.22. The van der Waals surface area contributed by atoms with E-state index in [9.17, 15) is 4.79 Å². The molecule has 2 heterocycles. The lowest BCUT2D eigenvalue weighted by molar-refractivity contribution is 0.535. The molecule has 2 aromatic heterocycles. The molecular weight excluding hydrogens is 266 g/mol. The Hall–Kier alpha value is -2.30. The molecule has 0 bridgehead atoms. The van der Waals surface area contributed by atoms with Crippen molar-refractivity contribution >= 4 is 11.1 Å². The van der Waals surface area contributed by atoms with E-state index < -0.39 is 0 Å². The maximum atomic E-state index is 12.5. The van der Waals surface area contributed by atoms with Gasteiger partial charge in [0.2, 0.25) is 0 Å². The van der Waals surface area contributed by atoms with Crippen LogP contribution in [0.4, 0.5) is 0 Å². The Bertz CT molecular complexity index is 791. The Kier molecular flexibility index (Phi) is 3.41. The van der Waals surface area contributed by atoms with Gasteiger partial charge in [0.1, 0.15) is 5.52 Å². The van der Waals surface area contributed by atoms with Gasteiger partial charge in [0.15, 0.2) is 5.58 Å². The smallest absolute Gasteiger partial charge is 0.325 e.